The Kier molecular flexibility index (Phi) is 3.15. The minimum Gasteiger partial charge on any atom is -0.309 e. The van der Waals surface area contributed by atoms with Crippen molar-refractivity contribution in [1.29, 1.82) is 0 Å². The first-order valence-corrected chi connectivity index (χ1v) is 8.52. The van der Waals surface area contributed by atoms with E-state index in [1.807, 2.05) is 11.3 Å². The van der Waals surface area contributed by atoms with Gasteiger partial charge in [0.15, 0.2) is 0 Å². The molecular weight excluding hydrogens is 306 g/mol. The lowest BCUT2D eigenvalue weighted by atomic mass is 9.69. The molecule has 2 fully saturated rings. The van der Waals surface area contributed by atoms with Gasteiger partial charge in [0.2, 0.25) is 0 Å². The van der Waals surface area contributed by atoms with Crippen LogP contribution in [0.15, 0.2) is 15.9 Å². The van der Waals surface area contributed by atoms with Crippen molar-refractivity contribution in [2.75, 3.05) is 0 Å². The summed E-state index contributed by atoms with van der Waals surface area (Å²) in [6.45, 7) is 8.49. The molecule has 2 bridgehead atoms. The maximum Gasteiger partial charge on any atom is 0.0701 e. The van der Waals surface area contributed by atoms with E-state index in [0.29, 0.717) is 16.9 Å². The molecule has 2 aliphatic carbocycles. The molecule has 18 heavy (non-hydrogen) atoms. The summed E-state index contributed by atoms with van der Waals surface area (Å²) in [5.41, 5.74) is 1.01. The fourth-order valence-electron chi connectivity index (χ4n) is 4.18. The molecule has 3 atom stereocenters. The van der Waals surface area contributed by atoms with Gasteiger partial charge >= 0.3 is 0 Å². The third-order valence-corrected chi connectivity index (χ3v) is 7.57. The fraction of sp³-hybridized carbons (Fsp3) is 0.733. The van der Waals surface area contributed by atoms with Crippen LogP contribution >= 0.6 is 27.3 Å². The van der Waals surface area contributed by atoms with Gasteiger partial charge in [-0.25, -0.2) is 0 Å². The zero-order chi connectivity index (χ0) is 13.0. The Balaban J connectivity index is 1.69. The van der Waals surface area contributed by atoms with Crippen LogP contribution < -0.4 is 5.32 Å². The minimum atomic E-state index is 0.492. The maximum absolute atomic E-state index is 3.83. The number of halogens is 1. The van der Waals surface area contributed by atoms with Crippen molar-refractivity contribution in [3.63, 3.8) is 0 Å². The predicted octanol–water partition coefficient (Wildman–Crippen LogP) is 4.82. The van der Waals surface area contributed by atoms with Crippen molar-refractivity contribution in [2.24, 2.45) is 16.7 Å². The maximum atomic E-state index is 3.83. The molecule has 0 spiro atoms. The first-order chi connectivity index (χ1) is 8.43. The molecule has 0 aromatic carbocycles. The molecule has 2 aliphatic rings. The standard InChI is InChI=1S/C15H22BrNS/c1-14(2)10-6-7-15(14,3)12(8-10)17-9-11-4-5-13(16)18-11/h4-5,10,12,17H,6-9H2,1-3H3. The summed E-state index contributed by atoms with van der Waals surface area (Å²) in [6, 6.07) is 5.07. The van der Waals surface area contributed by atoms with Gasteiger partial charge in [-0.05, 0) is 64.1 Å². The molecule has 3 rings (SSSR count). The van der Waals surface area contributed by atoms with Crippen molar-refractivity contribution < 1.29 is 0 Å². The molecule has 0 amide bonds. The topological polar surface area (TPSA) is 12.0 Å². The van der Waals surface area contributed by atoms with E-state index in [-0.39, 0.29) is 0 Å². The Hall–Kier alpha value is 0.140. The van der Waals surface area contributed by atoms with E-state index in [1.165, 1.54) is 27.9 Å². The highest BCUT2D eigenvalue weighted by atomic mass is 79.9. The van der Waals surface area contributed by atoms with Gasteiger partial charge in [0.05, 0.1) is 3.79 Å². The summed E-state index contributed by atoms with van der Waals surface area (Å²) in [6.07, 6.45) is 4.21. The average Bonchev–Trinajstić information content (AvgIpc) is 2.87. The van der Waals surface area contributed by atoms with Crippen LogP contribution in [0.25, 0.3) is 0 Å². The van der Waals surface area contributed by atoms with Crippen LogP contribution in [0.3, 0.4) is 0 Å². The van der Waals surface area contributed by atoms with E-state index in [4.69, 9.17) is 0 Å². The second-order valence-corrected chi connectivity index (χ2v) is 9.30. The normalized spacial score (nSPS) is 37.3. The Morgan fingerprint density at radius 1 is 1.39 bits per heavy atom. The third kappa shape index (κ3) is 1.82. The molecule has 3 heteroatoms. The lowest BCUT2D eigenvalue weighted by Crippen LogP contribution is -2.44. The summed E-state index contributed by atoms with van der Waals surface area (Å²) in [5.74, 6) is 0.926. The van der Waals surface area contributed by atoms with Crippen molar-refractivity contribution in [1.82, 2.24) is 5.32 Å². The van der Waals surface area contributed by atoms with Crippen LogP contribution in [-0.2, 0) is 6.54 Å². The van der Waals surface area contributed by atoms with Gasteiger partial charge in [-0.2, -0.15) is 0 Å². The van der Waals surface area contributed by atoms with Gasteiger partial charge in [0.1, 0.15) is 0 Å². The SMILES string of the molecule is CC1(C)C2CCC1(C)C(NCc1ccc(Br)s1)C2. The summed E-state index contributed by atoms with van der Waals surface area (Å²) in [5, 5.41) is 3.83. The van der Waals surface area contributed by atoms with E-state index in [2.05, 4.69) is 54.2 Å². The number of hydrogen-bond acceptors (Lipinski definition) is 2. The van der Waals surface area contributed by atoms with Crippen molar-refractivity contribution >= 4 is 27.3 Å². The molecule has 0 saturated heterocycles. The monoisotopic (exact) mass is 327 g/mol. The number of thiophene rings is 1. The average molecular weight is 328 g/mol. The van der Waals surface area contributed by atoms with Gasteiger partial charge in [-0.3, -0.25) is 0 Å². The second-order valence-electron chi connectivity index (χ2n) is 6.75. The molecule has 2 saturated carbocycles. The zero-order valence-electron chi connectivity index (χ0n) is 11.4. The molecule has 0 aliphatic heterocycles. The molecule has 1 nitrogen and oxygen atoms in total. The molecule has 1 heterocycles. The highest BCUT2D eigenvalue weighted by molar-refractivity contribution is 9.11. The Bertz CT molecular complexity index is 453. The molecule has 1 aromatic rings. The second kappa shape index (κ2) is 4.32. The number of rotatable bonds is 3. The predicted molar refractivity (Wildman–Crippen MR) is 81.9 cm³/mol. The Morgan fingerprint density at radius 2 is 2.17 bits per heavy atom. The first-order valence-electron chi connectivity index (χ1n) is 6.91. The minimum absolute atomic E-state index is 0.492. The Morgan fingerprint density at radius 3 is 2.67 bits per heavy atom. The van der Waals surface area contributed by atoms with Crippen LogP contribution in [0.2, 0.25) is 0 Å². The number of nitrogens with one attached hydrogen (secondary N) is 1. The number of fused-ring (bicyclic) bond motifs is 2. The largest absolute Gasteiger partial charge is 0.309 e. The molecular formula is C15H22BrNS. The zero-order valence-corrected chi connectivity index (χ0v) is 13.8. The summed E-state index contributed by atoms with van der Waals surface area (Å²) < 4.78 is 1.23. The third-order valence-electron chi connectivity index (χ3n) is 5.95. The van der Waals surface area contributed by atoms with E-state index >= 15 is 0 Å². The molecule has 0 radical (unpaired) electrons. The van der Waals surface area contributed by atoms with Crippen molar-refractivity contribution in [2.45, 2.75) is 52.6 Å². The smallest absolute Gasteiger partial charge is 0.0701 e. The van der Waals surface area contributed by atoms with Crippen LogP contribution in [0.5, 0.6) is 0 Å². The molecule has 1 aromatic heterocycles. The van der Waals surface area contributed by atoms with E-state index < -0.39 is 0 Å². The van der Waals surface area contributed by atoms with E-state index in [1.54, 1.807) is 0 Å². The lowest BCUT2D eigenvalue weighted by Gasteiger charge is -2.39. The van der Waals surface area contributed by atoms with Crippen LogP contribution in [0, 0.1) is 16.7 Å². The lowest BCUT2D eigenvalue weighted by molar-refractivity contribution is 0.120. The van der Waals surface area contributed by atoms with Crippen LogP contribution in [0.1, 0.15) is 44.9 Å². The van der Waals surface area contributed by atoms with E-state index in [0.717, 1.165) is 12.5 Å². The molecule has 3 unspecified atom stereocenters. The summed E-state index contributed by atoms with van der Waals surface area (Å²) >= 11 is 5.38. The van der Waals surface area contributed by atoms with E-state index in [9.17, 15) is 0 Å². The fourth-order valence-corrected chi connectivity index (χ4v) is 5.62. The van der Waals surface area contributed by atoms with Crippen LogP contribution in [0.4, 0.5) is 0 Å². The van der Waals surface area contributed by atoms with Gasteiger partial charge in [-0.1, -0.05) is 20.8 Å². The number of hydrogen-bond donors (Lipinski definition) is 1. The van der Waals surface area contributed by atoms with Gasteiger partial charge in [0.25, 0.3) is 0 Å². The summed E-state index contributed by atoms with van der Waals surface area (Å²) in [7, 11) is 0. The molecule has 1 N–H and O–H groups in total. The van der Waals surface area contributed by atoms with Gasteiger partial charge in [0, 0.05) is 17.5 Å². The van der Waals surface area contributed by atoms with Crippen molar-refractivity contribution in [3.8, 4) is 0 Å². The quantitative estimate of drug-likeness (QED) is 0.839. The van der Waals surface area contributed by atoms with Crippen molar-refractivity contribution in [3.05, 3.63) is 20.8 Å². The van der Waals surface area contributed by atoms with Gasteiger partial charge in [-0.15, -0.1) is 11.3 Å². The summed E-state index contributed by atoms with van der Waals surface area (Å²) in [4.78, 5) is 1.44. The molecule has 100 valence electrons. The first kappa shape index (κ1) is 13.1. The van der Waals surface area contributed by atoms with Crippen LogP contribution in [-0.4, -0.2) is 6.04 Å². The van der Waals surface area contributed by atoms with Gasteiger partial charge < -0.3 is 5.32 Å². The highest BCUT2D eigenvalue weighted by Crippen LogP contribution is 2.65. The highest BCUT2D eigenvalue weighted by Gasteiger charge is 2.60. The Labute approximate surface area is 122 Å².